The Labute approximate surface area is 128 Å². The molecule has 4 N–H and O–H groups in total. The van der Waals surface area contributed by atoms with E-state index in [-0.39, 0.29) is 22.5 Å². The van der Waals surface area contributed by atoms with Crippen molar-refractivity contribution in [1.29, 1.82) is 0 Å². The summed E-state index contributed by atoms with van der Waals surface area (Å²) in [5, 5.41) is 3.32. The number of carbonyl (C=O) groups excluding carboxylic acids is 1. The number of pyridine rings is 1. The average molecular weight is 342 g/mol. The first kappa shape index (κ1) is 17.2. The standard InChI is InChI=1S/C10H11ClF3N5OS/c1-19(9(15)21)18-7(20)4-17-8-6(11)2-5(3-16-8)10(12,13)14/h2-3H,4H2,1H3,(H2,15,21)(H,16,17)(H,18,20). The Morgan fingerprint density at radius 1 is 1.57 bits per heavy atom. The Hall–Kier alpha value is -1.81. The number of hydrazine groups is 1. The van der Waals surface area contributed by atoms with Crippen molar-refractivity contribution in [3.63, 3.8) is 0 Å². The molecule has 0 saturated heterocycles. The maximum atomic E-state index is 12.4. The van der Waals surface area contributed by atoms with Gasteiger partial charge in [0.1, 0.15) is 5.82 Å². The fraction of sp³-hybridized carbons (Fsp3) is 0.300. The van der Waals surface area contributed by atoms with Crippen LogP contribution in [0.4, 0.5) is 19.0 Å². The van der Waals surface area contributed by atoms with Crippen LogP contribution < -0.4 is 16.5 Å². The van der Waals surface area contributed by atoms with Crippen LogP contribution in [0.3, 0.4) is 0 Å². The summed E-state index contributed by atoms with van der Waals surface area (Å²) in [5.41, 5.74) is 6.60. The molecule has 0 unspecified atom stereocenters. The molecule has 1 heterocycles. The number of hydrogen-bond donors (Lipinski definition) is 3. The quantitative estimate of drug-likeness (QED) is 0.569. The molecule has 0 aliphatic rings. The van der Waals surface area contributed by atoms with Gasteiger partial charge in [-0.25, -0.2) is 4.98 Å². The number of nitrogens with zero attached hydrogens (tertiary/aromatic N) is 2. The fourth-order valence-corrected chi connectivity index (χ4v) is 1.45. The SMILES string of the molecule is CN(NC(=O)CNc1ncc(C(F)(F)F)cc1Cl)C(N)=S. The maximum absolute atomic E-state index is 12.4. The molecule has 0 atom stereocenters. The third-order valence-electron chi connectivity index (χ3n) is 2.21. The Balaban J connectivity index is 2.64. The van der Waals surface area contributed by atoms with Gasteiger partial charge < -0.3 is 11.1 Å². The van der Waals surface area contributed by atoms with Crippen LogP contribution in [0.1, 0.15) is 5.56 Å². The molecule has 0 aliphatic heterocycles. The van der Waals surface area contributed by atoms with E-state index in [4.69, 9.17) is 17.3 Å². The van der Waals surface area contributed by atoms with Gasteiger partial charge in [0.2, 0.25) is 0 Å². The number of alkyl halides is 3. The third kappa shape index (κ3) is 5.23. The zero-order valence-electron chi connectivity index (χ0n) is 10.7. The summed E-state index contributed by atoms with van der Waals surface area (Å²) in [5.74, 6) is -0.569. The van der Waals surface area contributed by atoms with Crippen LogP contribution in [-0.2, 0) is 11.0 Å². The lowest BCUT2D eigenvalue weighted by Gasteiger charge is -2.18. The Morgan fingerprint density at radius 2 is 2.19 bits per heavy atom. The largest absolute Gasteiger partial charge is 0.417 e. The van der Waals surface area contributed by atoms with E-state index in [0.717, 1.165) is 11.1 Å². The Kier molecular flexibility index (Phi) is 5.55. The first-order valence-electron chi connectivity index (χ1n) is 5.40. The number of aromatic nitrogens is 1. The molecular formula is C10H11ClF3N5OS. The summed E-state index contributed by atoms with van der Waals surface area (Å²) in [6.45, 7) is -0.273. The summed E-state index contributed by atoms with van der Waals surface area (Å²) >= 11 is 10.3. The molecule has 0 radical (unpaired) electrons. The summed E-state index contributed by atoms with van der Waals surface area (Å²) in [6, 6.07) is 0.718. The van der Waals surface area contributed by atoms with Gasteiger partial charge in [0.15, 0.2) is 5.11 Å². The molecule has 116 valence electrons. The van der Waals surface area contributed by atoms with Crippen LogP contribution in [0.25, 0.3) is 0 Å². The highest BCUT2D eigenvalue weighted by Gasteiger charge is 2.31. The Bertz CT molecular complexity index is 554. The van der Waals surface area contributed by atoms with E-state index >= 15 is 0 Å². The van der Waals surface area contributed by atoms with E-state index in [2.05, 4.69) is 27.9 Å². The molecule has 1 amide bonds. The number of rotatable bonds is 3. The van der Waals surface area contributed by atoms with Crippen molar-refractivity contribution >= 4 is 40.7 Å². The van der Waals surface area contributed by atoms with E-state index in [1.165, 1.54) is 7.05 Å². The van der Waals surface area contributed by atoms with E-state index in [1.54, 1.807) is 0 Å². The minimum Gasteiger partial charge on any atom is -0.375 e. The zero-order valence-corrected chi connectivity index (χ0v) is 12.2. The monoisotopic (exact) mass is 341 g/mol. The van der Waals surface area contributed by atoms with Gasteiger partial charge in [-0.05, 0) is 18.3 Å². The third-order valence-corrected chi connectivity index (χ3v) is 2.77. The van der Waals surface area contributed by atoms with Crippen molar-refractivity contribution in [3.05, 3.63) is 22.8 Å². The predicted octanol–water partition coefficient (Wildman–Crippen LogP) is 1.37. The van der Waals surface area contributed by atoms with Crippen LogP contribution in [0, 0.1) is 0 Å². The summed E-state index contributed by atoms with van der Waals surface area (Å²) in [7, 11) is 1.43. The minimum atomic E-state index is -4.54. The molecule has 0 aliphatic carbocycles. The van der Waals surface area contributed by atoms with Gasteiger partial charge in [0.25, 0.3) is 5.91 Å². The normalized spacial score (nSPS) is 10.9. The lowest BCUT2D eigenvalue weighted by molar-refractivity contribution is -0.137. The maximum Gasteiger partial charge on any atom is 0.417 e. The second-order valence-corrected chi connectivity index (χ2v) is 4.66. The van der Waals surface area contributed by atoms with Crippen molar-refractivity contribution < 1.29 is 18.0 Å². The molecule has 0 saturated carbocycles. The molecule has 0 fully saturated rings. The smallest absolute Gasteiger partial charge is 0.375 e. The predicted molar refractivity (Wildman–Crippen MR) is 75.4 cm³/mol. The van der Waals surface area contributed by atoms with Crippen LogP contribution in [0.5, 0.6) is 0 Å². The highest BCUT2D eigenvalue weighted by Crippen LogP contribution is 2.32. The van der Waals surface area contributed by atoms with Crippen molar-refractivity contribution in [2.75, 3.05) is 18.9 Å². The molecule has 0 bridgehead atoms. The van der Waals surface area contributed by atoms with Crippen molar-refractivity contribution in [2.45, 2.75) is 6.18 Å². The highest BCUT2D eigenvalue weighted by molar-refractivity contribution is 7.80. The number of thiocarbonyl (C=S) groups is 1. The van der Waals surface area contributed by atoms with Gasteiger partial charge in [0.05, 0.1) is 17.1 Å². The van der Waals surface area contributed by atoms with Crippen LogP contribution in [0.15, 0.2) is 12.3 Å². The molecule has 1 rings (SSSR count). The topological polar surface area (TPSA) is 83.3 Å². The van der Waals surface area contributed by atoms with E-state index in [9.17, 15) is 18.0 Å². The van der Waals surface area contributed by atoms with Crippen molar-refractivity contribution in [1.82, 2.24) is 15.4 Å². The van der Waals surface area contributed by atoms with Gasteiger partial charge in [-0.15, -0.1) is 0 Å². The summed E-state index contributed by atoms with van der Waals surface area (Å²) < 4.78 is 37.3. The number of carbonyl (C=O) groups is 1. The number of amides is 1. The van der Waals surface area contributed by atoms with Crippen LogP contribution in [-0.4, -0.2) is 34.6 Å². The molecule has 1 aromatic rings. The first-order chi connectivity index (χ1) is 9.61. The van der Waals surface area contributed by atoms with E-state index in [1.807, 2.05) is 0 Å². The summed E-state index contributed by atoms with van der Waals surface area (Å²) in [6.07, 6.45) is -3.92. The molecule has 1 aromatic heterocycles. The number of nitrogens with two attached hydrogens (primary N) is 1. The molecule has 21 heavy (non-hydrogen) atoms. The minimum absolute atomic E-state index is 0.0437. The molecule has 6 nitrogen and oxygen atoms in total. The van der Waals surface area contributed by atoms with Gasteiger partial charge in [0, 0.05) is 13.2 Å². The van der Waals surface area contributed by atoms with Gasteiger partial charge in [-0.1, -0.05) is 11.6 Å². The fourth-order valence-electron chi connectivity index (χ4n) is 1.17. The van der Waals surface area contributed by atoms with E-state index in [0.29, 0.717) is 6.20 Å². The number of nitrogens with one attached hydrogen (secondary N) is 2. The zero-order chi connectivity index (χ0) is 16.2. The van der Waals surface area contributed by atoms with Gasteiger partial charge >= 0.3 is 6.18 Å². The molecular weight excluding hydrogens is 331 g/mol. The molecule has 11 heteroatoms. The number of anilines is 1. The average Bonchev–Trinajstić information content (AvgIpc) is 2.35. The van der Waals surface area contributed by atoms with Crippen LogP contribution in [0.2, 0.25) is 5.02 Å². The van der Waals surface area contributed by atoms with Crippen molar-refractivity contribution in [2.24, 2.45) is 5.73 Å². The lowest BCUT2D eigenvalue weighted by atomic mass is 10.3. The highest BCUT2D eigenvalue weighted by atomic mass is 35.5. The van der Waals surface area contributed by atoms with Crippen LogP contribution >= 0.6 is 23.8 Å². The van der Waals surface area contributed by atoms with E-state index < -0.39 is 17.6 Å². The Morgan fingerprint density at radius 3 is 2.67 bits per heavy atom. The molecule has 0 aromatic carbocycles. The van der Waals surface area contributed by atoms with Gasteiger partial charge in [-0.2, -0.15) is 13.2 Å². The lowest BCUT2D eigenvalue weighted by Crippen LogP contribution is -2.47. The second-order valence-electron chi connectivity index (χ2n) is 3.84. The first-order valence-corrected chi connectivity index (χ1v) is 6.19. The summed E-state index contributed by atoms with van der Waals surface area (Å²) in [4.78, 5) is 15.0. The van der Waals surface area contributed by atoms with Gasteiger partial charge in [-0.3, -0.25) is 15.2 Å². The number of hydrogen-bond acceptors (Lipinski definition) is 4. The number of halogens is 4. The molecule has 0 spiro atoms. The van der Waals surface area contributed by atoms with Crippen molar-refractivity contribution in [3.8, 4) is 0 Å². The second kappa shape index (κ2) is 6.76.